The number of nitrogens with one attached hydrogen (secondary N) is 1. The van der Waals surface area contributed by atoms with E-state index in [4.69, 9.17) is 19.2 Å². The lowest BCUT2D eigenvalue weighted by Crippen LogP contribution is -2.41. The summed E-state index contributed by atoms with van der Waals surface area (Å²) in [5, 5.41) is 4.29. The fourth-order valence-corrected chi connectivity index (χ4v) is 4.66. The molecule has 4 heterocycles. The quantitative estimate of drug-likeness (QED) is 0.502. The summed E-state index contributed by atoms with van der Waals surface area (Å²) in [5.74, 6) is 1.63. The van der Waals surface area contributed by atoms with Gasteiger partial charge in [-0.25, -0.2) is 4.98 Å². The molecule has 3 aromatic rings. The first kappa shape index (κ1) is 24.2. The third-order valence-corrected chi connectivity index (χ3v) is 6.47. The molecule has 1 atom stereocenters. The van der Waals surface area contributed by atoms with Gasteiger partial charge in [-0.05, 0) is 44.5 Å². The Labute approximate surface area is 209 Å². The number of hydrogen-bond acceptors (Lipinski definition) is 8. The van der Waals surface area contributed by atoms with E-state index in [0.717, 1.165) is 56.1 Å². The van der Waals surface area contributed by atoms with Crippen LogP contribution in [0.3, 0.4) is 0 Å². The van der Waals surface area contributed by atoms with Crippen LogP contribution in [0.2, 0.25) is 0 Å². The zero-order valence-electron chi connectivity index (χ0n) is 21.0. The predicted molar refractivity (Wildman–Crippen MR) is 136 cm³/mol. The molecule has 0 radical (unpaired) electrons. The molecule has 0 spiro atoms. The summed E-state index contributed by atoms with van der Waals surface area (Å²) >= 11 is 0. The summed E-state index contributed by atoms with van der Waals surface area (Å²) in [4.78, 5) is 28.6. The SMILES string of the molecule is COc1c(OCCCN2CCO[C@H](C)C2)ccc2c3n(c(=NC(=O)c4ccc(C)nc4)nc12)CCN3. The second kappa shape index (κ2) is 10.6. The highest BCUT2D eigenvalue weighted by Crippen LogP contribution is 2.37. The van der Waals surface area contributed by atoms with Gasteiger partial charge in [0.05, 0.1) is 32.0 Å². The lowest BCUT2D eigenvalue weighted by atomic mass is 10.2. The van der Waals surface area contributed by atoms with Crippen LogP contribution in [0.1, 0.15) is 29.4 Å². The van der Waals surface area contributed by atoms with Crippen molar-refractivity contribution >= 4 is 22.6 Å². The van der Waals surface area contributed by atoms with E-state index in [2.05, 4.69) is 27.1 Å². The molecule has 1 fully saturated rings. The van der Waals surface area contributed by atoms with Crippen LogP contribution in [0.4, 0.5) is 5.82 Å². The first-order valence-electron chi connectivity index (χ1n) is 12.4. The van der Waals surface area contributed by atoms with E-state index < -0.39 is 0 Å². The molecule has 1 saturated heterocycles. The summed E-state index contributed by atoms with van der Waals surface area (Å²) in [5.41, 5.74) is 2.18. The molecule has 10 nitrogen and oxygen atoms in total. The molecule has 0 aliphatic carbocycles. The van der Waals surface area contributed by atoms with Gasteiger partial charge < -0.3 is 19.5 Å². The Morgan fingerprint density at radius 2 is 2.17 bits per heavy atom. The van der Waals surface area contributed by atoms with Gasteiger partial charge in [0.2, 0.25) is 5.62 Å². The molecule has 2 aromatic heterocycles. The topological polar surface area (TPSA) is 103 Å². The highest BCUT2D eigenvalue weighted by atomic mass is 16.5. The largest absolute Gasteiger partial charge is 0.491 e. The number of pyridine rings is 1. The number of carbonyl (C=O) groups is 1. The van der Waals surface area contributed by atoms with Crippen molar-refractivity contribution in [2.24, 2.45) is 4.99 Å². The maximum absolute atomic E-state index is 12.9. The number of morpholine rings is 1. The van der Waals surface area contributed by atoms with Crippen LogP contribution in [0.15, 0.2) is 35.5 Å². The second-order valence-corrected chi connectivity index (χ2v) is 9.12. The van der Waals surface area contributed by atoms with E-state index in [1.54, 1.807) is 19.2 Å². The Morgan fingerprint density at radius 1 is 1.28 bits per heavy atom. The standard InChI is InChI=1S/C26H32N6O4/c1-17-5-6-19(15-28-17)25(33)30-26-29-22-20(24-27-9-11-32(24)26)7-8-21(23(22)34-3)36-13-4-10-31-12-14-35-18(2)16-31/h5-8,15,18,27H,4,9-14,16H2,1-3H3/t18-/m1/s1. The van der Waals surface area contributed by atoms with Gasteiger partial charge in [0.1, 0.15) is 11.3 Å². The predicted octanol–water partition coefficient (Wildman–Crippen LogP) is 2.40. The number of ether oxygens (including phenoxy) is 3. The Morgan fingerprint density at radius 3 is 2.94 bits per heavy atom. The number of rotatable bonds is 7. The first-order valence-corrected chi connectivity index (χ1v) is 12.4. The molecule has 0 unspecified atom stereocenters. The van der Waals surface area contributed by atoms with Crippen molar-refractivity contribution < 1.29 is 19.0 Å². The normalized spacial score (nSPS) is 18.2. The lowest BCUT2D eigenvalue weighted by molar-refractivity contribution is -0.0193. The summed E-state index contributed by atoms with van der Waals surface area (Å²) < 4.78 is 19.4. The van der Waals surface area contributed by atoms with E-state index in [1.807, 2.05) is 23.6 Å². The van der Waals surface area contributed by atoms with Gasteiger partial charge in [0.25, 0.3) is 5.91 Å². The van der Waals surface area contributed by atoms with E-state index >= 15 is 0 Å². The van der Waals surface area contributed by atoms with Crippen LogP contribution in [0.5, 0.6) is 11.5 Å². The number of aryl methyl sites for hydroxylation is 1. The number of nitrogens with zero attached hydrogens (tertiary/aromatic N) is 5. The van der Waals surface area contributed by atoms with Crippen molar-refractivity contribution in [1.82, 2.24) is 19.4 Å². The third-order valence-electron chi connectivity index (χ3n) is 6.47. The average Bonchev–Trinajstić information content (AvgIpc) is 3.37. The fourth-order valence-electron chi connectivity index (χ4n) is 4.66. The molecule has 2 aliphatic heterocycles. The van der Waals surface area contributed by atoms with Crippen LogP contribution in [-0.4, -0.2) is 77.9 Å². The summed E-state index contributed by atoms with van der Waals surface area (Å²) in [6.07, 6.45) is 2.70. The van der Waals surface area contributed by atoms with E-state index in [0.29, 0.717) is 41.3 Å². The van der Waals surface area contributed by atoms with Crippen LogP contribution in [0, 0.1) is 6.92 Å². The van der Waals surface area contributed by atoms with Crippen molar-refractivity contribution in [1.29, 1.82) is 0 Å². The molecule has 0 bridgehead atoms. The van der Waals surface area contributed by atoms with Crippen molar-refractivity contribution in [2.75, 3.05) is 51.8 Å². The number of hydrogen-bond donors (Lipinski definition) is 1. The molecule has 0 saturated carbocycles. The molecule has 1 N–H and O–H groups in total. The number of anilines is 1. The Hall–Kier alpha value is -3.50. The number of aromatic nitrogens is 3. The summed E-state index contributed by atoms with van der Waals surface area (Å²) in [7, 11) is 1.60. The lowest BCUT2D eigenvalue weighted by Gasteiger charge is -2.30. The van der Waals surface area contributed by atoms with E-state index in [1.165, 1.54) is 6.20 Å². The molecular weight excluding hydrogens is 460 g/mol. The summed E-state index contributed by atoms with van der Waals surface area (Å²) in [6.45, 7) is 9.55. The van der Waals surface area contributed by atoms with Crippen LogP contribution < -0.4 is 20.4 Å². The molecule has 1 amide bonds. The highest BCUT2D eigenvalue weighted by Gasteiger charge is 2.21. The first-order chi connectivity index (χ1) is 17.5. The molecular formula is C26H32N6O4. The minimum absolute atomic E-state index is 0.272. The minimum Gasteiger partial charge on any atom is -0.491 e. The molecule has 36 heavy (non-hydrogen) atoms. The van der Waals surface area contributed by atoms with Crippen molar-refractivity contribution in [3.63, 3.8) is 0 Å². The van der Waals surface area contributed by atoms with Gasteiger partial charge in [-0.2, -0.15) is 4.99 Å². The van der Waals surface area contributed by atoms with Gasteiger partial charge in [-0.1, -0.05) is 0 Å². The van der Waals surface area contributed by atoms with Crippen LogP contribution >= 0.6 is 0 Å². The van der Waals surface area contributed by atoms with Crippen LogP contribution in [0.25, 0.3) is 10.9 Å². The second-order valence-electron chi connectivity index (χ2n) is 9.12. The van der Waals surface area contributed by atoms with Gasteiger partial charge in [-0.3, -0.25) is 19.2 Å². The van der Waals surface area contributed by atoms with Crippen molar-refractivity contribution in [2.45, 2.75) is 32.9 Å². The smallest absolute Gasteiger partial charge is 0.281 e. The minimum atomic E-state index is -0.389. The van der Waals surface area contributed by atoms with Gasteiger partial charge in [0, 0.05) is 50.0 Å². The number of fused-ring (bicyclic) bond motifs is 3. The zero-order valence-corrected chi connectivity index (χ0v) is 21.0. The van der Waals surface area contributed by atoms with Gasteiger partial charge in [0.15, 0.2) is 11.5 Å². The highest BCUT2D eigenvalue weighted by molar-refractivity contribution is 5.96. The number of carbonyl (C=O) groups excluding carboxylic acids is 1. The van der Waals surface area contributed by atoms with Crippen molar-refractivity contribution in [3.05, 3.63) is 47.3 Å². The molecule has 1 aromatic carbocycles. The van der Waals surface area contributed by atoms with Crippen LogP contribution in [-0.2, 0) is 11.3 Å². The van der Waals surface area contributed by atoms with Gasteiger partial charge >= 0.3 is 0 Å². The number of amides is 1. The van der Waals surface area contributed by atoms with Gasteiger partial charge in [-0.15, -0.1) is 0 Å². The van der Waals surface area contributed by atoms with Crippen molar-refractivity contribution in [3.8, 4) is 11.5 Å². The third kappa shape index (κ3) is 5.05. The number of methoxy groups -OCH3 is 1. The molecule has 2 aliphatic rings. The molecule has 10 heteroatoms. The number of benzene rings is 1. The van der Waals surface area contributed by atoms with E-state index in [-0.39, 0.29) is 12.0 Å². The summed E-state index contributed by atoms with van der Waals surface area (Å²) in [6, 6.07) is 7.41. The molecule has 190 valence electrons. The maximum Gasteiger partial charge on any atom is 0.281 e. The fraction of sp³-hybridized carbons (Fsp3) is 0.462. The Bertz CT molecular complexity index is 1320. The maximum atomic E-state index is 12.9. The Balaban J connectivity index is 1.42. The monoisotopic (exact) mass is 492 g/mol. The Kier molecular flexibility index (Phi) is 7.15. The zero-order chi connectivity index (χ0) is 25.1. The molecule has 5 rings (SSSR count). The average molecular weight is 493 g/mol. The van der Waals surface area contributed by atoms with E-state index in [9.17, 15) is 4.79 Å².